The fourth-order valence-corrected chi connectivity index (χ4v) is 14.1. The van der Waals surface area contributed by atoms with Gasteiger partial charge in [-0.1, -0.05) is 0 Å². The zero-order chi connectivity index (χ0) is 40.4. The van der Waals surface area contributed by atoms with Gasteiger partial charge < -0.3 is 72.7 Å². The fraction of sp³-hybridized carbons (Fsp3) is 1.00. The minimum Gasteiger partial charge on any atom is -0.377 e. The van der Waals surface area contributed by atoms with Crippen molar-refractivity contribution in [3.05, 3.63) is 0 Å². The predicted molar refractivity (Wildman–Crippen MR) is 220 cm³/mol. The van der Waals surface area contributed by atoms with Crippen molar-refractivity contribution in [2.75, 3.05) is 164 Å². The van der Waals surface area contributed by atoms with Gasteiger partial charge >= 0.3 is 35.2 Å². The highest BCUT2D eigenvalue weighted by molar-refractivity contribution is 6.61. The summed E-state index contributed by atoms with van der Waals surface area (Å²) in [5, 5.41) is 0. The summed E-state index contributed by atoms with van der Waals surface area (Å²) in [5.41, 5.74) is 0. The summed E-state index contributed by atoms with van der Waals surface area (Å²) in [7, 11) is 9.76. The van der Waals surface area contributed by atoms with Crippen LogP contribution in [0, 0.1) is 0 Å². The lowest BCUT2D eigenvalue weighted by atomic mass is 10.2. The van der Waals surface area contributed by atoms with Gasteiger partial charge in [-0.15, -0.1) is 0 Å². The molecule has 0 unspecified atom stereocenters. The van der Waals surface area contributed by atoms with Crippen LogP contribution in [0.5, 0.6) is 0 Å². The van der Waals surface area contributed by atoms with Gasteiger partial charge in [0.1, 0.15) is 0 Å². The Morgan fingerprint density at radius 3 is 0.685 bits per heavy atom. The first kappa shape index (κ1) is 52.2. The Kier molecular flexibility index (Phi) is 28.5. The Balaban J connectivity index is 2.63. The van der Waals surface area contributed by atoms with E-state index in [0.29, 0.717) is 0 Å². The summed E-state index contributed by atoms with van der Waals surface area (Å²) in [5.74, 6) is 0. The average Bonchev–Trinajstić information content (AvgIpc) is 3.22. The summed E-state index contributed by atoms with van der Waals surface area (Å²) in [6, 6.07) is 3.15. The van der Waals surface area contributed by atoms with E-state index in [9.17, 15) is 0 Å². The molecule has 0 amide bonds. The molecule has 1 fully saturated rings. The van der Waals surface area contributed by atoms with Gasteiger partial charge in [0.2, 0.25) is 0 Å². The SMILES string of the molecule is CO[Si](CCCN(CCCN1CCN(CCCN(CCC[Si](OC)(OC)OC)CCC[Si](OC)(OC)OC)CC1)CCC[Si](OC)(OC)OC)(OC)OC. The third-order valence-electron chi connectivity index (χ3n) is 10.9. The number of hydrogen-bond donors (Lipinski definition) is 0. The molecule has 0 spiro atoms. The van der Waals surface area contributed by atoms with E-state index in [-0.39, 0.29) is 0 Å². The molecule has 0 aliphatic carbocycles. The van der Waals surface area contributed by atoms with E-state index in [1.165, 1.54) is 0 Å². The highest BCUT2D eigenvalue weighted by Gasteiger charge is 2.40. The molecule has 54 heavy (non-hydrogen) atoms. The first-order chi connectivity index (χ1) is 26.0. The molecule has 0 aromatic carbocycles. The molecule has 0 N–H and O–H groups in total. The average molecular weight is 849 g/mol. The van der Waals surface area contributed by atoms with Gasteiger partial charge in [0.15, 0.2) is 0 Å². The maximum absolute atomic E-state index is 5.67. The molecule has 0 radical (unpaired) electrons. The fourth-order valence-electron chi connectivity index (χ4n) is 7.24. The molecular weight excluding hydrogens is 769 g/mol. The Labute approximate surface area is 333 Å². The molecule has 1 aliphatic rings. The minimum absolute atomic E-state index is 0.787. The van der Waals surface area contributed by atoms with Crippen LogP contribution < -0.4 is 0 Å². The Morgan fingerprint density at radius 2 is 0.500 bits per heavy atom. The lowest BCUT2D eigenvalue weighted by Crippen LogP contribution is -2.47. The molecule has 16 nitrogen and oxygen atoms in total. The highest BCUT2D eigenvalue weighted by Crippen LogP contribution is 2.20. The zero-order valence-corrected chi connectivity index (χ0v) is 40.2. The normalized spacial score (nSPS) is 15.7. The van der Waals surface area contributed by atoms with Crippen molar-refractivity contribution in [3.63, 3.8) is 0 Å². The van der Waals surface area contributed by atoms with Crippen molar-refractivity contribution in [2.24, 2.45) is 0 Å². The van der Waals surface area contributed by atoms with Crippen LogP contribution in [0.1, 0.15) is 38.5 Å². The van der Waals surface area contributed by atoms with Crippen LogP contribution in [0.2, 0.25) is 24.2 Å². The number of hydrogen-bond acceptors (Lipinski definition) is 16. The second kappa shape index (κ2) is 29.4. The second-order valence-electron chi connectivity index (χ2n) is 13.7. The van der Waals surface area contributed by atoms with E-state index < -0.39 is 35.2 Å². The molecule has 0 aromatic rings. The van der Waals surface area contributed by atoms with Gasteiger partial charge in [0, 0.05) is 136 Å². The summed E-state index contributed by atoms with van der Waals surface area (Å²) in [6.45, 7) is 12.5. The standard InChI is InChI=1S/C34H80N4O12Si4/c1-39-51(40-2,41-3)31-15-23-35(24-16-32-52(42-4,43-5)44-6)19-13-21-37-27-29-38(30-28-37)22-14-20-36(25-17-33-53(45-7,46-8)47-9)26-18-34-54(48-10,49-11)50-12/h13-34H2,1-12H3. The first-order valence-electron chi connectivity index (χ1n) is 19.6. The number of rotatable bonds is 36. The van der Waals surface area contributed by atoms with Crippen LogP contribution in [0.25, 0.3) is 0 Å². The third-order valence-corrected chi connectivity index (χ3v) is 22.3. The second-order valence-corrected chi connectivity index (χ2v) is 26.0. The lowest BCUT2D eigenvalue weighted by Gasteiger charge is -2.35. The summed E-state index contributed by atoms with van der Waals surface area (Å²) >= 11 is 0. The summed E-state index contributed by atoms with van der Waals surface area (Å²) in [6.07, 6.45) is 6.04. The molecule has 1 aliphatic heterocycles. The van der Waals surface area contributed by atoms with E-state index in [4.69, 9.17) is 53.1 Å². The molecule has 1 rings (SSSR count). The molecule has 0 aromatic heterocycles. The van der Waals surface area contributed by atoms with E-state index in [1.807, 2.05) is 0 Å². The van der Waals surface area contributed by atoms with Crippen molar-refractivity contribution in [1.29, 1.82) is 0 Å². The maximum atomic E-state index is 5.67. The quantitative estimate of drug-likeness (QED) is 0.0858. The summed E-state index contributed by atoms with van der Waals surface area (Å²) in [4.78, 5) is 10.3. The predicted octanol–water partition coefficient (Wildman–Crippen LogP) is 3.06. The molecule has 0 bridgehead atoms. The largest absolute Gasteiger partial charge is 0.500 e. The van der Waals surface area contributed by atoms with Gasteiger partial charge in [0.05, 0.1) is 0 Å². The zero-order valence-electron chi connectivity index (χ0n) is 36.2. The van der Waals surface area contributed by atoms with Crippen molar-refractivity contribution in [1.82, 2.24) is 19.6 Å². The van der Waals surface area contributed by atoms with E-state index in [0.717, 1.165) is 141 Å². The van der Waals surface area contributed by atoms with Crippen LogP contribution in [0.4, 0.5) is 0 Å². The third kappa shape index (κ3) is 18.4. The van der Waals surface area contributed by atoms with Crippen molar-refractivity contribution < 1.29 is 53.1 Å². The molecular formula is C34H80N4O12Si4. The van der Waals surface area contributed by atoms with Gasteiger partial charge in [-0.05, 0) is 90.9 Å². The van der Waals surface area contributed by atoms with Crippen LogP contribution >= 0.6 is 0 Å². The van der Waals surface area contributed by atoms with Crippen molar-refractivity contribution in [3.8, 4) is 0 Å². The summed E-state index contributed by atoms with van der Waals surface area (Å²) < 4.78 is 68.0. The van der Waals surface area contributed by atoms with Gasteiger partial charge in [-0.3, -0.25) is 0 Å². The molecule has 324 valence electrons. The molecule has 0 saturated carbocycles. The van der Waals surface area contributed by atoms with Crippen molar-refractivity contribution >= 4 is 35.2 Å². The Bertz CT molecular complexity index is 750. The highest BCUT2D eigenvalue weighted by atomic mass is 28.4. The van der Waals surface area contributed by atoms with E-state index >= 15 is 0 Å². The first-order valence-corrected chi connectivity index (χ1v) is 27.3. The minimum atomic E-state index is -2.60. The number of nitrogens with zero attached hydrogens (tertiary/aromatic N) is 4. The van der Waals surface area contributed by atoms with Crippen LogP contribution in [-0.2, 0) is 53.1 Å². The van der Waals surface area contributed by atoms with Crippen LogP contribution in [0.15, 0.2) is 0 Å². The van der Waals surface area contributed by atoms with Gasteiger partial charge in [-0.25, -0.2) is 0 Å². The topological polar surface area (TPSA) is 124 Å². The molecule has 1 heterocycles. The number of piperazine rings is 1. The maximum Gasteiger partial charge on any atom is 0.500 e. The Hall–Kier alpha value is 0.228. The van der Waals surface area contributed by atoms with E-state index in [1.54, 1.807) is 85.3 Å². The van der Waals surface area contributed by atoms with Crippen LogP contribution in [0.3, 0.4) is 0 Å². The monoisotopic (exact) mass is 848 g/mol. The smallest absolute Gasteiger partial charge is 0.377 e. The molecule has 0 atom stereocenters. The Morgan fingerprint density at radius 1 is 0.315 bits per heavy atom. The van der Waals surface area contributed by atoms with Crippen molar-refractivity contribution in [2.45, 2.75) is 62.7 Å². The van der Waals surface area contributed by atoms with Gasteiger partial charge in [-0.2, -0.15) is 0 Å². The van der Waals surface area contributed by atoms with Crippen LogP contribution in [-0.4, -0.2) is 219 Å². The molecule has 20 heteroatoms. The van der Waals surface area contributed by atoms with Gasteiger partial charge in [0.25, 0.3) is 0 Å². The van der Waals surface area contributed by atoms with E-state index in [2.05, 4.69) is 19.6 Å². The molecule has 1 saturated heterocycles. The lowest BCUT2D eigenvalue weighted by molar-refractivity contribution is 0.113.